The molecule has 1 aromatic rings. The Balaban J connectivity index is 2.54. The number of benzene rings is 1. The summed E-state index contributed by atoms with van der Waals surface area (Å²) in [5.74, 6) is 0.900. The molecule has 0 radical (unpaired) electrons. The fourth-order valence-electron chi connectivity index (χ4n) is 2.14. The molecule has 3 heteroatoms. The number of ether oxygens (including phenoxy) is 1. The van der Waals surface area contributed by atoms with E-state index in [0.717, 1.165) is 32.5 Å². The Morgan fingerprint density at radius 3 is 2.42 bits per heavy atom. The zero-order chi connectivity index (χ0) is 14.1. The molecular formula is C16H26FNO. The first-order chi connectivity index (χ1) is 9.13. The van der Waals surface area contributed by atoms with Crippen LogP contribution in [0.25, 0.3) is 0 Å². The lowest BCUT2D eigenvalue weighted by atomic mass is 9.94. The monoisotopic (exact) mass is 267 g/mol. The Kier molecular flexibility index (Phi) is 7.68. The van der Waals surface area contributed by atoms with Crippen molar-refractivity contribution in [3.05, 3.63) is 35.6 Å². The van der Waals surface area contributed by atoms with Crippen molar-refractivity contribution in [2.45, 2.75) is 32.6 Å². The van der Waals surface area contributed by atoms with Crippen molar-refractivity contribution in [1.29, 1.82) is 0 Å². The van der Waals surface area contributed by atoms with Gasteiger partial charge < -0.3 is 10.1 Å². The van der Waals surface area contributed by atoms with E-state index in [2.05, 4.69) is 19.2 Å². The standard InChI is InChI=1S/C16H26FNO/c1-13(2)11-18-12-15(5-4-10-19-3)14-6-8-16(17)9-7-14/h6-9,13,15,18H,4-5,10-12H2,1-3H3. The summed E-state index contributed by atoms with van der Waals surface area (Å²) in [5.41, 5.74) is 1.20. The van der Waals surface area contributed by atoms with Gasteiger partial charge in [0.05, 0.1) is 0 Å². The van der Waals surface area contributed by atoms with Crippen LogP contribution in [0.1, 0.15) is 38.2 Å². The second-order valence-corrected chi connectivity index (χ2v) is 5.44. The average Bonchev–Trinajstić information content (AvgIpc) is 2.38. The fourth-order valence-corrected chi connectivity index (χ4v) is 2.14. The maximum Gasteiger partial charge on any atom is 0.123 e. The smallest absolute Gasteiger partial charge is 0.123 e. The van der Waals surface area contributed by atoms with Crippen molar-refractivity contribution < 1.29 is 9.13 Å². The highest BCUT2D eigenvalue weighted by molar-refractivity contribution is 5.20. The largest absolute Gasteiger partial charge is 0.385 e. The summed E-state index contributed by atoms with van der Waals surface area (Å²) in [4.78, 5) is 0. The molecule has 19 heavy (non-hydrogen) atoms. The van der Waals surface area contributed by atoms with E-state index >= 15 is 0 Å². The molecule has 0 aliphatic heterocycles. The zero-order valence-electron chi connectivity index (χ0n) is 12.3. The van der Waals surface area contributed by atoms with Crippen LogP contribution in [0.2, 0.25) is 0 Å². The topological polar surface area (TPSA) is 21.3 Å². The molecule has 1 atom stereocenters. The molecule has 0 saturated carbocycles. The van der Waals surface area contributed by atoms with Crippen LogP contribution in [0, 0.1) is 11.7 Å². The molecule has 108 valence electrons. The van der Waals surface area contributed by atoms with E-state index < -0.39 is 0 Å². The first kappa shape index (κ1) is 16.1. The van der Waals surface area contributed by atoms with Gasteiger partial charge in [0.2, 0.25) is 0 Å². The van der Waals surface area contributed by atoms with Crippen LogP contribution in [0.5, 0.6) is 0 Å². The minimum atomic E-state index is -0.172. The number of hydrogen-bond donors (Lipinski definition) is 1. The average molecular weight is 267 g/mol. The van der Waals surface area contributed by atoms with Crippen molar-refractivity contribution in [3.63, 3.8) is 0 Å². The van der Waals surface area contributed by atoms with Crippen LogP contribution >= 0.6 is 0 Å². The molecule has 0 bridgehead atoms. The second kappa shape index (κ2) is 9.05. The Morgan fingerprint density at radius 2 is 1.84 bits per heavy atom. The van der Waals surface area contributed by atoms with Crippen LogP contribution < -0.4 is 5.32 Å². The third-order valence-corrected chi connectivity index (χ3v) is 3.19. The Morgan fingerprint density at radius 1 is 1.16 bits per heavy atom. The molecule has 0 aromatic heterocycles. The van der Waals surface area contributed by atoms with E-state index in [4.69, 9.17) is 4.74 Å². The quantitative estimate of drug-likeness (QED) is 0.690. The highest BCUT2D eigenvalue weighted by atomic mass is 19.1. The molecule has 0 amide bonds. The van der Waals surface area contributed by atoms with Crippen LogP contribution in [-0.4, -0.2) is 26.8 Å². The summed E-state index contributed by atoms with van der Waals surface area (Å²) in [6.07, 6.45) is 2.09. The van der Waals surface area contributed by atoms with Crippen molar-refractivity contribution >= 4 is 0 Å². The van der Waals surface area contributed by atoms with Crippen molar-refractivity contribution in [1.82, 2.24) is 5.32 Å². The van der Waals surface area contributed by atoms with Gasteiger partial charge in [0.15, 0.2) is 0 Å². The van der Waals surface area contributed by atoms with Gasteiger partial charge in [-0.1, -0.05) is 26.0 Å². The van der Waals surface area contributed by atoms with Crippen LogP contribution in [0.4, 0.5) is 4.39 Å². The normalized spacial score (nSPS) is 12.9. The fraction of sp³-hybridized carbons (Fsp3) is 0.625. The molecular weight excluding hydrogens is 241 g/mol. The van der Waals surface area contributed by atoms with Crippen LogP contribution in [0.3, 0.4) is 0 Å². The minimum Gasteiger partial charge on any atom is -0.385 e. The molecule has 0 fully saturated rings. The van der Waals surface area contributed by atoms with Gasteiger partial charge in [-0.3, -0.25) is 0 Å². The van der Waals surface area contributed by atoms with Gasteiger partial charge in [-0.15, -0.1) is 0 Å². The van der Waals surface area contributed by atoms with Gasteiger partial charge >= 0.3 is 0 Å². The van der Waals surface area contributed by atoms with E-state index in [1.54, 1.807) is 19.2 Å². The molecule has 1 rings (SSSR count). The zero-order valence-corrected chi connectivity index (χ0v) is 12.3. The van der Waals surface area contributed by atoms with Crippen molar-refractivity contribution in [2.75, 3.05) is 26.8 Å². The molecule has 0 heterocycles. The second-order valence-electron chi connectivity index (χ2n) is 5.44. The predicted octanol–water partition coefficient (Wildman–Crippen LogP) is 3.58. The number of hydrogen-bond acceptors (Lipinski definition) is 2. The first-order valence-electron chi connectivity index (χ1n) is 7.08. The Bertz CT molecular complexity index is 337. The molecule has 1 aromatic carbocycles. The lowest BCUT2D eigenvalue weighted by Crippen LogP contribution is -2.25. The lowest BCUT2D eigenvalue weighted by Gasteiger charge is -2.19. The number of halogens is 1. The maximum atomic E-state index is 13.0. The minimum absolute atomic E-state index is 0.172. The third kappa shape index (κ3) is 6.69. The number of rotatable bonds is 9. The summed E-state index contributed by atoms with van der Waals surface area (Å²) in [5, 5.41) is 3.49. The van der Waals surface area contributed by atoms with E-state index in [0.29, 0.717) is 11.8 Å². The van der Waals surface area contributed by atoms with Gasteiger partial charge in [0, 0.05) is 20.3 Å². The molecule has 2 nitrogen and oxygen atoms in total. The van der Waals surface area contributed by atoms with Gasteiger partial charge in [-0.05, 0) is 48.9 Å². The van der Waals surface area contributed by atoms with Gasteiger partial charge in [0.1, 0.15) is 5.82 Å². The highest BCUT2D eigenvalue weighted by Gasteiger charge is 2.11. The summed E-state index contributed by atoms with van der Waals surface area (Å²) in [7, 11) is 1.73. The van der Waals surface area contributed by atoms with Crippen molar-refractivity contribution in [3.8, 4) is 0 Å². The van der Waals surface area contributed by atoms with Crippen LogP contribution in [0.15, 0.2) is 24.3 Å². The van der Waals surface area contributed by atoms with E-state index in [1.165, 1.54) is 5.56 Å². The molecule has 0 aliphatic rings. The van der Waals surface area contributed by atoms with E-state index in [-0.39, 0.29) is 5.82 Å². The summed E-state index contributed by atoms with van der Waals surface area (Å²) < 4.78 is 18.1. The summed E-state index contributed by atoms with van der Waals surface area (Å²) >= 11 is 0. The first-order valence-corrected chi connectivity index (χ1v) is 7.08. The lowest BCUT2D eigenvalue weighted by molar-refractivity contribution is 0.190. The molecule has 1 N–H and O–H groups in total. The van der Waals surface area contributed by atoms with Gasteiger partial charge in [-0.2, -0.15) is 0 Å². The van der Waals surface area contributed by atoms with Gasteiger partial charge in [-0.25, -0.2) is 4.39 Å². The predicted molar refractivity (Wildman–Crippen MR) is 78.0 cm³/mol. The van der Waals surface area contributed by atoms with Gasteiger partial charge in [0.25, 0.3) is 0 Å². The third-order valence-electron chi connectivity index (χ3n) is 3.19. The summed E-state index contributed by atoms with van der Waals surface area (Å²) in [6.45, 7) is 7.13. The maximum absolute atomic E-state index is 13.0. The molecule has 0 saturated heterocycles. The van der Waals surface area contributed by atoms with E-state index in [9.17, 15) is 4.39 Å². The molecule has 0 aliphatic carbocycles. The Hall–Kier alpha value is -0.930. The van der Waals surface area contributed by atoms with Crippen LogP contribution in [-0.2, 0) is 4.74 Å². The highest BCUT2D eigenvalue weighted by Crippen LogP contribution is 2.21. The SMILES string of the molecule is COCCCC(CNCC(C)C)c1ccc(F)cc1. The number of methoxy groups -OCH3 is 1. The summed E-state index contributed by atoms with van der Waals surface area (Å²) in [6, 6.07) is 6.87. The molecule has 1 unspecified atom stereocenters. The Labute approximate surface area is 116 Å². The molecule has 0 spiro atoms. The number of nitrogens with one attached hydrogen (secondary N) is 1. The van der Waals surface area contributed by atoms with E-state index in [1.807, 2.05) is 12.1 Å². The van der Waals surface area contributed by atoms with Crippen molar-refractivity contribution in [2.24, 2.45) is 5.92 Å².